The summed E-state index contributed by atoms with van der Waals surface area (Å²) < 4.78 is 37.2. The molecular formula is C48H82O18. The molecule has 25 atom stereocenters. The monoisotopic (exact) mass is 947 g/mol. The van der Waals surface area contributed by atoms with Crippen LogP contribution in [0.5, 0.6) is 0 Å². The first-order valence-electron chi connectivity index (χ1n) is 24.4. The molecule has 0 spiro atoms. The SMILES string of the molecule is CC(C)=CCC[C@](C)(O[C@@H]1O[C@H](CO)[C@@H](O)[C@H](O)[C@H]1O)[C@H]1CC[C@]2(C)C1C(O)CC1[C@@]3(C)CC[C@H](O[C@@H]4O[C@H](CO)[C@@H](O)[C@H](O)[C@H]4O[C@@H]4O[C@H](CO)[C@@H](O)[C@H](O)[C@H]4O)C(C)(C)[C@@H]3CC[C@]12C. The Kier molecular flexibility index (Phi) is 15.7. The Morgan fingerprint density at radius 2 is 1.14 bits per heavy atom. The van der Waals surface area contributed by atoms with E-state index >= 15 is 0 Å². The van der Waals surface area contributed by atoms with Gasteiger partial charge in [-0.2, -0.15) is 0 Å². The van der Waals surface area contributed by atoms with Crippen LogP contribution in [-0.2, 0) is 28.4 Å². The molecule has 382 valence electrons. The number of aliphatic hydroxyl groups excluding tert-OH is 12. The van der Waals surface area contributed by atoms with Gasteiger partial charge in [0.2, 0.25) is 0 Å². The highest BCUT2D eigenvalue weighted by molar-refractivity contribution is 5.20. The Morgan fingerprint density at radius 1 is 0.606 bits per heavy atom. The predicted molar refractivity (Wildman–Crippen MR) is 234 cm³/mol. The highest BCUT2D eigenvalue weighted by Crippen LogP contribution is 2.76. The van der Waals surface area contributed by atoms with Crippen molar-refractivity contribution in [2.75, 3.05) is 19.8 Å². The summed E-state index contributed by atoms with van der Waals surface area (Å²) in [7, 11) is 0. The van der Waals surface area contributed by atoms with Gasteiger partial charge in [-0.15, -0.1) is 0 Å². The zero-order chi connectivity index (χ0) is 48.6. The molecule has 3 heterocycles. The van der Waals surface area contributed by atoms with Crippen LogP contribution in [-0.4, -0.2) is 191 Å². The molecule has 3 aliphatic heterocycles. The minimum absolute atomic E-state index is 0.0905. The topological polar surface area (TPSA) is 298 Å². The minimum Gasteiger partial charge on any atom is -0.394 e. The molecule has 4 aliphatic carbocycles. The van der Waals surface area contributed by atoms with E-state index in [0.29, 0.717) is 25.7 Å². The second-order valence-electron chi connectivity index (χ2n) is 22.9. The number of fused-ring (bicyclic) bond motifs is 5. The molecule has 0 aromatic heterocycles. The van der Waals surface area contributed by atoms with Gasteiger partial charge in [0, 0.05) is 0 Å². The zero-order valence-electron chi connectivity index (χ0n) is 40.0. The van der Waals surface area contributed by atoms with Crippen molar-refractivity contribution >= 4 is 0 Å². The fourth-order valence-electron chi connectivity index (χ4n) is 14.9. The molecule has 7 aliphatic rings. The second-order valence-corrected chi connectivity index (χ2v) is 22.9. The quantitative estimate of drug-likeness (QED) is 0.0853. The summed E-state index contributed by atoms with van der Waals surface area (Å²) in [6.45, 7) is 15.5. The molecule has 0 radical (unpaired) electrons. The first kappa shape index (κ1) is 52.8. The number of rotatable bonds is 13. The van der Waals surface area contributed by atoms with E-state index in [0.717, 1.165) is 37.7 Å². The average Bonchev–Trinajstić information content (AvgIpc) is 3.65. The van der Waals surface area contributed by atoms with Crippen LogP contribution in [0.1, 0.15) is 113 Å². The molecule has 18 heteroatoms. The predicted octanol–water partition coefficient (Wildman–Crippen LogP) is -0.0268. The number of hydrogen-bond donors (Lipinski definition) is 12. The van der Waals surface area contributed by atoms with Gasteiger partial charge in [-0.3, -0.25) is 0 Å². The maximum atomic E-state index is 12.7. The average molecular weight is 947 g/mol. The standard InChI is InChI=1S/C48H82O18/c1-22(2)10-9-14-48(8,66-42-39(60)36(57)33(54)26(20-50)62-42)23-11-16-47(7)31(23)24(52)18-29-45(5)15-13-30(44(3,4)28(45)12-17-46(29,47)6)64-43-40(37(58)34(55)27(21-51)63-43)65-41-38(59)35(56)32(53)25(19-49)61-41/h10,23-43,49-60H,9,11-21H2,1-8H3/t23-,24?,25+,26+,27+,28-,29?,30-,31?,32+,33+,34+,35-,36-,37-,38+,39+,40+,41-,42-,43-,45-,46+,47+,48-/m0/s1. The van der Waals surface area contributed by atoms with Gasteiger partial charge < -0.3 is 89.7 Å². The Balaban J connectivity index is 1.13. The van der Waals surface area contributed by atoms with E-state index in [9.17, 15) is 61.3 Å². The second kappa shape index (κ2) is 19.6. The molecule has 12 N–H and O–H groups in total. The molecule has 18 nitrogen and oxygen atoms in total. The summed E-state index contributed by atoms with van der Waals surface area (Å²) in [4.78, 5) is 0. The summed E-state index contributed by atoms with van der Waals surface area (Å²) in [5.41, 5.74) is -1.12. The lowest BCUT2D eigenvalue weighted by Crippen LogP contribution is -2.68. The number of hydrogen-bond acceptors (Lipinski definition) is 18. The van der Waals surface area contributed by atoms with Gasteiger partial charge in [0.05, 0.1) is 37.6 Å². The van der Waals surface area contributed by atoms with Crippen LogP contribution >= 0.6 is 0 Å². The van der Waals surface area contributed by atoms with Crippen LogP contribution in [0.25, 0.3) is 0 Å². The third-order valence-electron chi connectivity index (χ3n) is 18.8. The van der Waals surface area contributed by atoms with Crippen LogP contribution in [0.15, 0.2) is 11.6 Å². The normalized spacial score (nSPS) is 52.4. The summed E-state index contributed by atoms with van der Waals surface area (Å²) in [6.07, 6.45) is -15.4. The molecule has 0 aromatic carbocycles. The van der Waals surface area contributed by atoms with Gasteiger partial charge in [0.15, 0.2) is 18.9 Å². The third-order valence-corrected chi connectivity index (χ3v) is 18.8. The van der Waals surface area contributed by atoms with Crippen LogP contribution in [0.3, 0.4) is 0 Å². The molecule has 66 heavy (non-hydrogen) atoms. The smallest absolute Gasteiger partial charge is 0.187 e. The van der Waals surface area contributed by atoms with Crippen molar-refractivity contribution in [2.45, 2.75) is 223 Å². The first-order chi connectivity index (χ1) is 30.8. The van der Waals surface area contributed by atoms with E-state index in [4.69, 9.17) is 28.4 Å². The lowest BCUT2D eigenvalue weighted by Gasteiger charge is -2.71. The fourth-order valence-corrected chi connectivity index (χ4v) is 14.9. The van der Waals surface area contributed by atoms with E-state index in [1.165, 1.54) is 0 Å². The van der Waals surface area contributed by atoms with Crippen molar-refractivity contribution in [1.29, 1.82) is 0 Å². The lowest BCUT2D eigenvalue weighted by molar-refractivity contribution is -0.378. The maximum Gasteiger partial charge on any atom is 0.187 e. The molecule has 7 fully saturated rings. The van der Waals surface area contributed by atoms with Crippen molar-refractivity contribution in [3.05, 3.63) is 11.6 Å². The molecule has 0 bridgehead atoms. The molecule has 0 aromatic rings. The van der Waals surface area contributed by atoms with E-state index < -0.39 is 135 Å². The fraction of sp³-hybridized carbons (Fsp3) is 0.958. The van der Waals surface area contributed by atoms with E-state index in [1.807, 2.05) is 20.8 Å². The number of ether oxygens (including phenoxy) is 6. The molecule has 4 saturated carbocycles. The first-order valence-corrected chi connectivity index (χ1v) is 24.4. The number of aliphatic hydroxyl groups is 12. The van der Waals surface area contributed by atoms with Crippen molar-refractivity contribution < 1.29 is 89.7 Å². The highest BCUT2D eigenvalue weighted by atomic mass is 16.8. The Morgan fingerprint density at radius 3 is 1.71 bits per heavy atom. The van der Waals surface area contributed by atoms with Crippen molar-refractivity contribution in [3.63, 3.8) is 0 Å². The van der Waals surface area contributed by atoms with Crippen LogP contribution in [0, 0.1) is 45.3 Å². The van der Waals surface area contributed by atoms with Gasteiger partial charge in [-0.1, -0.05) is 46.3 Å². The van der Waals surface area contributed by atoms with Crippen molar-refractivity contribution in [2.24, 2.45) is 45.3 Å². The summed E-state index contributed by atoms with van der Waals surface area (Å²) in [5, 5.41) is 129. The molecule has 0 amide bonds. The zero-order valence-corrected chi connectivity index (χ0v) is 40.0. The maximum absolute atomic E-state index is 12.7. The minimum atomic E-state index is -1.79. The summed E-state index contributed by atoms with van der Waals surface area (Å²) >= 11 is 0. The van der Waals surface area contributed by atoms with Gasteiger partial charge in [-0.05, 0) is 124 Å². The van der Waals surface area contributed by atoms with Crippen LogP contribution < -0.4 is 0 Å². The van der Waals surface area contributed by atoms with Crippen molar-refractivity contribution in [1.82, 2.24) is 0 Å². The van der Waals surface area contributed by atoms with Crippen LogP contribution in [0.4, 0.5) is 0 Å². The lowest BCUT2D eigenvalue weighted by atomic mass is 9.35. The Bertz CT molecular complexity index is 1680. The van der Waals surface area contributed by atoms with Gasteiger partial charge in [-0.25, -0.2) is 0 Å². The van der Waals surface area contributed by atoms with E-state index in [-0.39, 0.29) is 39.9 Å². The van der Waals surface area contributed by atoms with Crippen molar-refractivity contribution in [3.8, 4) is 0 Å². The van der Waals surface area contributed by atoms with Gasteiger partial charge in [0.1, 0.15) is 73.2 Å². The summed E-state index contributed by atoms with van der Waals surface area (Å²) in [6, 6.07) is 0. The third kappa shape index (κ3) is 8.79. The van der Waals surface area contributed by atoms with Crippen LogP contribution in [0.2, 0.25) is 0 Å². The van der Waals surface area contributed by atoms with Gasteiger partial charge >= 0.3 is 0 Å². The van der Waals surface area contributed by atoms with E-state index in [1.54, 1.807) is 0 Å². The Hall–Kier alpha value is -0.980. The summed E-state index contributed by atoms with van der Waals surface area (Å²) in [5.74, 6) is -0.151. The van der Waals surface area contributed by atoms with Gasteiger partial charge in [0.25, 0.3) is 0 Å². The highest BCUT2D eigenvalue weighted by Gasteiger charge is 2.72. The largest absolute Gasteiger partial charge is 0.394 e. The molecule has 7 rings (SSSR count). The molecule has 3 saturated heterocycles. The molecular weight excluding hydrogens is 865 g/mol. The Labute approximate surface area is 388 Å². The number of allylic oxidation sites excluding steroid dienone is 2. The van der Waals surface area contributed by atoms with E-state index in [2.05, 4.69) is 40.7 Å². The molecule has 3 unspecified atom stereocenters.